The molecule has 0 unspecified atom stereocenters. The smallest absolute Gasteiger partial charge is 0.250 e. The Morgan fingerprint density at radius 1 is 1.25 bits per heavy atom. The Morgan fingerprint density at radius 2 is 2.15 bits per heavy atom. The first-order chi connectivity index (χ1) is 9.75. The standard InChI is InChI=1S/C14H18N4O2/c19-13(5-10-18-9-2-1-4-14(18)20)16-6-3-8-17-11-7-15-12-17/h1-2,4,7,9,11-12H,3,5-6,8,10H2,(H,16,19). The summed E-state index contributed by atoms with van der Waals surface area (Å²) in [7, 11) is 0. The van der Waals surface area contributed by atoms with Crippen LogP contribution in [0.1, 0.15) is 12.8 Å². The van der Waals surface area contributed by atoms with Crippen LogP contribution in [-0.2, 0) is 17.9 Å². The van der Waals surface area contributed by atoms with Gasteiger partial charge >= 0.3 is 0 Å². The Kier molecular flexibility index (Phi) is 5.11. The molecule has 2 heterocycles. The third kappa shape index (κ3) is 4.38. The summed E-state index contributed by atoms with van der Waals surface area (Å²) in [6, 6.07) is 4.96. The summed E-state index contributed by atoms with van der Waals surface area (Å²) < 4.78 is 3.50. The monoisotopic (exact) mass is 274 g/mol. The van der Waals surface area contributed by atoms with E-state index < -0.39 is 0 Å². The van der Waals surface area contributed by atoms with Gasteiger partial charge in [-0.25, -0.2) is 4.98 Å². The molecule has 20 heavy (non-hydrogen) atoms. The number of hydrogen-bond donors (Lipinski definition) is 1. The molecule has 0 atom stereocenters. The van der Waals surface area contributed by atoms with Gasteiger partial charge in [-0.1, -0.05) is 6.07 Å². The van der Waals surface area contributed by atoms with Gasteiger partial charge in [0, 0.05) is 50.7 Å². The van der Waals surface area contributed by atoms with E-state index in [1.807, 2.05) is 10.8 Å². The number of imidazole rings is 1. The maximum absolute atomic E-state index is 11.6. The molecule has 0 aliphatic carbocycles. The first-order valence-corrected chi connectivity index (χ1v) is 6.63. The molecule has 6 heteroatoms. The molecule has 2 aromatic rings. The molecule has 0 fully saturated rings. The van der Waals surface area contributed by atoms with Crippen LogP contribution in [0.15, 0.2) is 47.9 Å². The topological polar surface area (TPSA) is 68.9 Å². The Balaban J connectivity index is 1.63. The molecule has 0 aromatic carbocycles. The lowest BCUT2D eigenvalue weighted by Gasteiger charge is -2.07. The van der Waals surface area contributed by atoms with Gasteiger partial charge in [-0.3, -0.25) is 9.59 Å². The first kappa shape index (κ1) is 14.0. The summed E-state index contributed by atoms with van der Waals surface area (Å²) >= 11 is 0. The van der Waals surface area contributed by atoms with Crippen molar-refractivity contribution in [3.8, 4) is 0 Å². The van der Waals surface area contributed by atoms with Gasteiger partial charge in [0.25, 0.3) is 5.56 Å². The van der Waals surface area contributed by atoms with E-state index in [4.69, 9.17) is 0 Å². The average molecular weight is 274 g/mol. The van der Waals surface area contributed by atoms with Crippen LogP contribution in [0.25, 0.3) is 0 Å². The predicted octanol–water partition coefficient (Wildman–Crippen LogP) is 0.641. The number of nitrogens with one attached hydrogen (secondary N) is 1. The lowest BCUT2D eigenvalue weighted by molar-refractivity contribution is -0.121. The molecule has 6 nitrogen and oxygen atoms in total. The van der Waals surface area contributed by atoms with Crippen LogP contribution in [0.4, 0.5) is 0 Å². The van der Waals surface area contributed by atoms with Gasteiger partial charge in [0.15, 0.2) is 0 Å². The van der Waals surface area contributed by atoms with Crippen LogP contribution in [0, 0.1) is 0 Å². The molecule has 0 radical (unpaired) electrons. The molecule has 2 aromatic heterocycles. The maximum Gasteiger partial charge on any atom is 0.250 e. The molecule has 0 bridgehead atoms. The van der Waals surface area contributed by atoms with Crippen molar-refractivity contribution < 1.29 is 4.79 Å². The summed E-state index contributed by atoms with van der Waals surface area (Å²) in [6.45, 7) is 1.87. The van der Waals surface area contributed by atoms with E-state index in [9.17, 15) is 9.59 Å². The quantitative estimate of drug-likeness (QED) is 0.753. The van der Waals surface area contributed by atoms with E-state index in [0.29, 0.717) is 19.5 Å². The Hall–Kier alpha value is -2.37. The molecule has 0 aliphatic rings. The second-order valence-corrected chi connectivity index (χ2v) is 4.49. The van der Waals surface area contributed by atoms with Gasteiger partial charge in [-0.2, -0.15) is 0 Å². The molecule has 2 rings (SSSR count). The summed E-state index contributed by atoms with van der Waals surface area (Å²) in [6.07, 6.45) is 8.24. The van der Waals surface area contributed by atoms with Crippen LogP contribution in [0.3, 0.4) is 0 Å². The number of rotatable bonds is 7. The first-order valence-electron chi connectivity index (χ1n) is 6.63. The van der Waals surface area contributed by atoms with Crippen molar-refractivity contribution in [1.82, 2.24) is 19.4 Å². The van der Waals surface area contributed by atoms with Crippen molar-refractivity contribution in [2.75, 3.05) is 6.54 Å². The predicted molar refractivity (Wildman–Crippen MR) is 75.2 cm³/mol. The number of amides is 1. The number of hydrogen-bond acceptors (Lipinski definition) is 3. The largest absolute Gasteiger partial charge is 0.356 e. The minimum Gasteiger partial charge on any atom is -0.356 e. The zero-order valence-corrected chi connectivity index (χ0v) is 11.2. The zero-order chi connectivity index (χ0) is 14.2. The average Bonchev–Trinajstić information content (AvgIpc) is 2.96. The lowest BCUT2D eigenvalue weighted by Crippen LogP contribution is -2.28. The van der Waals surface area contributed by atoms with Gasteiger partial charge in [-0.15, -0.1) is 0 Å². The summed E-state index contributed by atoms with van der Waals surface area (Å²) in [5.41, 5.74) is -0.0830. The normalized spacial score (nSPS) is 10.4. The van der Waals surface area contributed by atoms with E-state index in [-0.39, 0.29) is 11.5 Å². The van der Waals surface area contributed by atoms with E-state index >= 15 is 0 Å². The summed E-state index contributed by atoms with van der Waals surface area (Å²) in [4.78, 5) is 27.0. The highest BCUT2D eigenvalue weighted by Crippen LogP contribution is 1.91. The van der Waals surface area contributed by atoms with Gasteiger partial charge in [0.05, 0.1) is 6.33 Å². The van der Waals surface area contributed by atoms with Crippen molar-refractivity contribution in [2.45, 2.75) is 25.9 Å². The Labute approximate surface area is 117 Å². The number of nitrogens with zero attached hydrogens (tertiary/aromatic N) is 3. The van der Waals surface area contributed by atoms with Crippen LogP contribution in [0.5, 0.6) is 0 Å². The SMILES string of the molecule is O=C(CCn1ccccc1=O)NCCCn1ccnc1. The molecule has 0 saturated carbocycles. The maximum atomic E-state index is 11.6. The Morgan fingerprint density at radius 3 is 2.90 bits per heavy atom. The van der Waals surface area contributed by atoms with Gasteiger partial charge in [0.1, 0.15) is 0 Å². The number of carbonyl (C=O) groups is 1. The lowest BCUT2D eigenvalue weighted by atomic mass is 10.3. The fraction of sp³-hybridized carbons (Fsp3) is 0.357. The zero-order valence-electron chi connectivity index (χ0n) is 11.2. The van der Waals surface area contributed by atoms with E-state index in [0.717, 1.165) is 13.0 Å². The van der Waals surface area contributed by atoms with E-state index in [1.165, 1.54) is 10.6 Å². The Bertz CT molecular complexity index is 589. The third-order valence-electron chi connectivity index (χ3n) is 2.95. The van der Waals surface area contributed by atoms with Crippen molar-refractivity contribution >= 4 is 5.91 Å². The van der Waals surface area contributed by atoms with Crippen LogP contribution >= 0.6 is 0 Å². The van der Waals surface area contributed by atoms with Crippen molar-refractivity contribution in [2.24, 2.45) is 0 Å². The van der Waals surface area contributed by atoms with Crippen LogP contribution in [-0.4, -0.2) is 26.6 Å². The second kappa shape index (κ2) is 7.28. The molecule has 1 amide bonds. The molecular formula is C14H18N4O2. The van der Waals surface area contributed by atoms with Crippen molar-refractivity contribution in [1.29, 1.82) is 0 Å². The highest BCUT2D eigenvalue weighted by atomic mass is 16.1. The van der Waals surface area contributed by atoms with Gasteiger partial charge < -0.3 is 14.5 Å². The third-order valence-corrected chi connectivity index (χ3v) is 2.95. The molecule has 1 N–H and O–H groups in total. The number of carbonyl (C=O) groups excluding carboxylic acids is 1. The van der Waals surface area contributed by atoms with Gasteiger partial charge in [0.2, 0.25) is 5.91 Å². The fourth-order valence-corrected chi connectivity index (χ4v) is 1.86. The summed E-state index contributed by atoms with van der Waals surface area (Å²) in [5, 5.41) is 2.85. The highest BCUT2D eigenvalue weighted by molar-refractivity contribution is 5.75. The number of aryl methyl sites for hydroxylation is 2. The minimum atomic E-state index is -0.0830. The fourth-order valence-electron chi connectivity index (χ4n) is 1.86. The molecule has 0 saturated heterocycles. The van der Waals surface area contributed by atoms with E-state index in [2.05, 4.69) is 10.3 Å². The summed E-state index contributed by atoms with van der Waals surface area (Å²) in [5.74, 6) is -0.0358. The highest BCUT2D eigenvalue weighted by Gasteiger charge is 2.02. The molecule has 0 aliphatic heterocycles. The van der Waals surface area contributed by atoms with Gasteiger partial charge in [-0.05, 0) is 12.5 Å². The van der Waals surface area contributed by atoms with Crippen LogP contribution < -0.4 is 10.9 Å². The molecule has 0 spiro atoms. The molecular weight excluding hydrogens is 256 g/mol. The minimum absolute atomic E-state index is 0.0358. The van der Waals surface area contributed by atoms with Crippen LogP contribution in [0.2, 0.25) is 0 Å². The number of aromatic nitrogens is 3. The second-order valence-electron chi connectivity index (χ2n) is 4.49. The molecule has 106 valence electrons. The number of pyridine rings is 1. The van der Waals surface area contributed by atoms with E-state index in [1.54, 1.807) is 30.9 Å². The van der Waals surface area contributed by atoms with Crippen molar-refractivity contribution in [3.05, 3.63) is 53.5 Å². The van der Waals surface area contributed by atoms with Crippen molar-refractivity contribution in [3.63, 3.8) is 0 Å².